The predicted octanol–water partition coefficient (Wildman–Crippen LogP) is 5.72. The van der Waals surface area contributed by atoms with Crippen LogP contribution < -0.4 is 0 Å². The highest BCUT2D eigenvalue weighted by Crippen LogP contribution is 2.37. The first-order valence-corrected chi connectivity index (χ1v) is 10.6. The zero-order valence-corrected chi connectivity index (χ0v) is 18.2. The first-order valence-electron chi connectivity index (χ1n) is 9.81. The SMILES string of the molecule is Cc1cc(C(F)(F)F)cc2[nH]c(Cc3c(Cl)ccc(C(O)N4CCOCC4)c3Cl)cc12. The number of H-pyrrole nitrogens is 1. The van der Waals surface area contributed by atoms with Crippen LogP contribution in [0.5, 0.6) is 0 Å². The fourth-order valence-corrected chi connectivity index (χ4v) is 4.52. The number of aliphatic hydroxyl groups is 1. The van der Waals surface area contributed by atoms with Crippen LogP contribution in [0.25, 0.3) is 10.9 Å². The number of halogens is 5. The van der Waals surface area contributed by atoms with E-state index in [1.807, 2.05) is 11.0 Å². The molecular weight excluding hydrogens is 452 g/mol. The van der Waals surface area contributed by atoms with Crippen LogP contribution in [-0.4, -0.2) is 41.3 Å². The predicted molar refractivity (Wildman–Crippen MR) is 115 cm³/mol. The van der Waals surface area contributed by atoms with Gasteiger partial charge in [0.05, 0.1) is 23.8 Å². The number of benzene rings is 2. The molecule has 0 amide bonds. The van der Waals surface area contributed by atoms with Crippen molar-refractivity contribution in [3.63, 3.8) is 0 Å². The molecule has 9 heteroatoms. The molecule has 0 spiro atoms. The maximum Gasteiger partial charge on any atom is 0.416 e. The molecule has 166 valence electrons. The van der Waals surface area contributed by atoms with Gasteiger partial charge in [0.25, 0.3) is 0 Å². The Balaban J connectivity index is 1.67. The van der Waals surface area contributed by atoms with Crippen LogP contribution in [0.15, 0.2) is 30.3 Å². The Morgan fingerprint density at radius 1 is 1.16 bits per heavy atom. The van der Waals surface area contributed by atoms with E-state index in [0.29, 0.717) is 69.6 Å². The number of aromatic amines is 1. The van der Waals surface area contributed by atoms with Crippen LogP contribution in [-0.2, 0) is 17.3 Å². The minimum absolute atomic E-state index is 0.289. The Labute approximate surface area is 187 Å². The minimum atomic E-state index is -4.42. The molecule has 3 aromatic rings. The summed E-state index contributed by atoms with van der Waals surface area (Å²) < 4.78 is 44.8. The largest absolute Gasteiger partial charge is 0.416 e. The molecule has 0 bridgehead atoms. The van der Waals surface area contributed by atoms with Crippen LogP contribution in [0, 0.1) is 6.92 Å². The van der Waals surface area contributed by atoms with E-state index < -0.39 is 18.0 Å². The van der Waals surface area contributed by atoms with Gasteiger partial charge in [0.2, 0.25) is 0 Å². The third kappa shape index (κ3) is 4.56. The first-order chi connectivity index (χ1) is 14.6. The van der Waals surface area contributed by atoms with Gasteiger partial charge in [0.1, 0.15) is 6.23 Å². The van der Waals surface area contributed by atoms with Gasteiger partial charge in [-0.25, -0.2) is 0 Å². The van der Waals surface area contributed by atoms with Gasteiger partial charge >= 0.3 is 6.18 Å². The second-order valence-corrected chi connectivity index (χ2v) is 8.46. The van der Waals surface area contributed by atoms with Crippen LogP contribution in [0.2, 0.25) is 10.0 Å². The highest BCUT2D eigenvalue weighted by Gasteiger charge is 2.31. The first kappa shape index (κ1) is 22.4. The van der Waals surface area contributed by atoms with Crippen molar-refractivity contribution < 1.29 is 23.0 Å². The van der Waals surface area contributed by atoms with Crippen molar-refractivity contribution in [3.05, 3.63) is 68.3 Å². The van der Waals surface area contributed by atoms with E-state index in [1.165, 1.54) is 0 Å². The minimum Gasteiger partial charge on any atom is -0.379 e. The van der Waals surface area contributed by atoms with Crippen molar-refractivity contribution in [1.29, 1.82) is 0 Å². The molecule has 2 heterocycles. The van der Waals surface area contributed by atoms with E-state index in [0.717, 1.165) is 12.1 Å². The number of aromatic nitrogens is 1. The molecule has 4 rings (SSSR count). The van der Waals surface area contributed by atoms with Gasteiger partial charge in [-0.1, -0.05) is 29.3 Å². The maximum atomic E-state index is 13.1. The van der Waals surface area contributed by atoms with E-state index in [4.69, 9.17) is 27.9 Å². The number of rotatable bonds is 4. The van der Waals surface area contributed by atoms with Crippen molar-refractivity contribution in [1.82, 2.24) is 9.88 Å². The summed E-state index contributed by atoms with van der Waals surface area (Å²) in [5.74, 6) is 0. The Kier molecular flexibility index (Phi) is 6.25. The smallest absolute Gasteiger partial charge is 0.379 e. The second kappa shape index (κ2) is 8.64. The third-order valence-electron chi connectivity index (χ3n) is 5.58. The van der Waals surface area contributed by atoms with Crippen molar-refractivity contribution in [2.24, 2.45) is 0 Å². The number of alkyl halides is 3. The van der Waals surface area contributed by atoms with Crippen LogP contribution >= 0.6 is 23.2 Å². The summed E-state index contributed by atoms with van der Waals surface area (Å²) in [6.45, 7) is 3.87. The number of hydrogen-bond acceptors (Lipinski definition) is 3. The summed E-state index contributed by atoms with van der Waals surface area (Å²) in [7, 11) is 0. The van der Waals surface area contributed by atoms with Crippen molar-refractivity contribution in [2.45, 2.75) is 25.7 Å². The number of aryl methyl sites for hydroxylation is 1. The van der Waals surface area contributed by atoms with Gasteiger partial charge in [0, 0.05) is 46.7 Å². The van der Waals surface area contributed by atoms with E-state index in [1.54, 1.807) is 19.1 Å². The Morgan fingerprint density at radius 3 is 2.55 bits per heavy atom. The molecule has 1 fully saturated rings. The van der Waals surface area contributed by atoms with Crippen LogP contribution in [0.3, 0.4) is 0 Å². The molecule has 1 aliphatic heterocycles. The molecule has 0 radical (unpaired) electrons. The highest BCUT2D eigenvalue weighted by molar-refractivity contribution is 6.36. The number of aliphatic hydroxyl groups excluding tert-OH is 1. The van der Waals surface area contributed by atoms with Gasteiger partial charge in [-0.05, 0) is 42.3 Å². The summed E-state index contributed by atoms with van der Waals surface area (Å²) in [5.41, 5.74) is 2.06. The topological polar surface area (TPSA) is 48.5 Å². The Morgan fingerprint density at radius 2 is 1.87 bits per heavy atom. The zero-order valence-electron chi connectivity index (χ0n) is 16.7. The van der Waals surface area contributed by atoms with E-state index in [-0.39, 0.29) is 6.42 Å². The summed E-state index contributed by atoms with van der Waals surface area (Å²) >= 11 is 13.0. The van der Waals surface area contributed by atoms with E-state index >= 15 is 0 Å². The second-order valence-electron chi connectivity index (χ2n) is 7.67. The lowest BCUT2D eigenvalue weighted by molar-refractivity contribution is -0.137. The normalized spacial score (nSPS) is 16.7. The summed E-state index contributed by atoms with van der Waals surface area (Å²) in [6.07, 6.45) is -5.02. The fraction of sp³-hybridized carbons (Fsp3) is 0.364. The number of hydrogen-bond donors (Lipinski definition) is 2. The van der Waals surface area contributed by atoms with E-state index in [2.05, 4.69) is 4.98 Å². The number of fused-ring (bicyclic) bond motifs is 1. The summed E-state index contributed by atoms with van der Waals surface area (Å²) in [5, 5.41) is 12.3. The summed E-state index contributed by atoms with van der Waals surface area (Å²) in [6, 6.07) is 7.42. The Hall–Kier alpha value is -1.77. The number of nitrogens with zero attached hydrogens (tertiary/aromatic N) is 1. The molecule has 0 aliphatic carbocycles. The molecular formula is C22H21Cl2F3N2O2. The van der Waals surface area contributed by atoms with Crippen molar-refractivity contribution in [2.75, 3.05) is 26.3 Å². The van der Waals surface area contributed by atoms with Gasteiger partial charge < -0.3 is 14.8 Å². The molecule has 1 aliphatic rings. The van der Waals surface area contributed by atoms with E-state index in [9.17, 15) is 18.3 Å². The maximum absolute atomic E-state index is 13.1. The molecule has 31 heavy (non-hydrogen) atoms. The summed E-state index contributed by atoms with van der Waals surface area (Å²) in [4.78, 5) is 4.93. The standard InChI is InChI=1S/C22H21Cl2F3N2O2/c1-12-8-13(22(25,26)27)9-19-16(12)10-14(28-19)11-17-18(23)3-2-15(20(17)24)21(30)29-4-6-31-7-5-29/h2-3,8-10,21,28,30H,4-7,11H2,1H3. The van der Waals surface area contributed by atoms with Gasteiger partial charge in [-0.3, -0.25) is 4.90 Å². The number of nitrogens with one attached hydrogen (secondary N) is 1. The van der Waals surface area contributed by atoms with Gasteiger partial charge in [-0.15, -0.1) is 0 Å². The number of ether oxygens (including phenoxy) is 1. The Bertz CT molecular complexity index is 1110. The molecule has 2 N–H and O–H groups in total. The molecule has 0 saturated carbocycles. The van der Waals surface area contributed by atoms with Gasteiger partial charge in [0.15, 0.2) is 0 Å². The third-order valence-corrected chi connectivity index (χ3v) is 6.38. The monoisotopic (exact) mass is 472 g/mol. The lowest BCUT2D eigenvalue weighted by Gasteiger charge is -2.32. The average Bonchev–Trinajstić information content (AvgIpc) is 3.14. The average molecular weight is 473 g/mol. The molecule has 2 aromatic carbocycles. The molecule has 1 unspecified atom stereocenters. The lowest BCUT2D eigenvalue weighted by atomic mass is 10.0. The van der Waals surface area contributed by atoms with Crippen molar-refractivity contribution in [3.8, 4) is 0 Å². The highest BCUT2D eigenvalue weighted by atomic mass is 35.5. The van der Waals surface area contributed by atoms with Crippen LogP contribution in [0.1, 0.15) is 34.2 Å². The van der Waals surface area contributed by atoms with Crippen LogP contribution in [0.4, 0.5) is 13.2 Å². The number of morpholine rings is 1. The van der Waals surface area contributed by atoms with Gasteiger partial charge in [-0.2, -0.15) is 13.2 Å². The van der Waals surface area contributed by atoms with Crippen molar-refractivity contribution >= 4 is 34.1 Å². The zero-order chi connectivity index (χ0) is 22.3. The lowest BCUT2D eigenvalue weighted by Crippen LogP contribution is -2.39. The quantitative estimate of drug-likeness (QED) is 0.510. The molecule has 1 aromatic heterocycles. The molecule has 1 atom stereocenters. The molecule has 1 saturated heterocycles. The molecule has 4 nitrogen and oxygen atoms in total. The fourth-order valence-electron chi connectivity index (χ4n) is 3.92.